The maximum atomic E-state index is 12.6. The van der Waals surface area contributed by atoms with Gasteiger partial charge in [-0.25, -0.2) is 4.79 Å². The van der Waals surface area contributed by atoms with Crippen molar-refractivity contribution in [1.29, 1.82) is 0 Å². The van der Waals surface area contributed by atoms with Crippen LogP contribution in [0.3, 0.4) is 0 Å². The Bertz CT molecular complexity index is 597. The van der Waals surface area contributed by atoms with Crippen molar-refractivity contribution in [3.8, 4) is 0 Å². The van der Waals surface area contributed by atoms with Gasteiger partial charge in [-0.2, -0.15) is 0 Å². The summed E-state index contributed by atoms with van der Waals surface area (Å²) in [5.74, 6) is 0. The largest absolute Gasteiger partial charge is 0.446 e. The van der Waals surface area contributed by atoms with Gasteiger partial charge < -0.3 is 19.5 Å². The first kappa shape index (κ1) is 45.2. The first-order valence-corrected chi connectivity index (χ1v) is 20.1. The highest BCUT2D eigenvalue weighted by atomic mass is 16.6. The topological polar surface area (TPSA) is 60.0 Å². The second kappa shape index (κ2) is 34.0. The second-order valence-corrected chi connectivity index (χ2v) is 14.9. The molecule has 0 heterocycles. The second-order valence-electron chi connectivity index (χ2n) is 14.9. The monoisotopic (exact) mass is 655 g/mol. The van der Waals surface area contributed by atoms with Crippen molar-refractivity contribution in [3.63, 3.8) is 0 Å². The molecule has 1 N–H and O–H groups in total. The zero-order valence-electron chi connectivity index (χ0n) is 32.1. The summed E-state index contributed by atoms with van der Waals surface area (Å²) in [5.41, 5.74) is -0.156. The number of amides is 1. The van der Waals surface area contributed by atoms with Crippen LogP contribution in [0.4, 0.5) is 4.79 Å². The van der Waals surface area contributed by atoms with E-state index >= 15 is 0 Å². The number of carbonyl (C=O) groups is 1. The third kappa shape index (κ3) is 36.0. The molecular weight excluding hydrogens is 572 g/mol. The standard InChI is InChI=1S/C40H82N2O4/c1-7-9-11-13-15-17-19-21-23-25-27-29-32-38(33-30-28-26-24-22-20-18-16-14-12-10-8-2)46-39(43)41-34-31-35-44-36-42(6)37-45-40(3,4)5/h38H,7-37H2,1-6H3,(H,41,43). The van der Waals surface area contributed by atoms with E-state index < -0.39 is 0 Å². The normalized spacial score (nSPS) is 12.0. The molecule has 0 aliphatic carbocycles. The van der Waals surface area contributed by atoms with Crippen LogP contribution < -0.4 is 5.32 Å². The molecule has 0 unspecified atom stereocenters. The summed E-state index contributed by atoms with van der Waals surface area (Å²) in [6.45, 7) is 12.9. The molecule has 0 fully saturated rings. The van der Waals surface area contributed by atoms with Crippen molar-refractivity contribution < 1.29 is 19.0 Å². The molecule has 6 nitrogen and oxygen atoms in total. The van der Waals surface area contributed by atoms with E-state index in [1.165, 1.54) is 141 Å². The van der Waals surface area contributed by atoms with Crippen molar-refractivity contribution >= 4 is 6.09 Å². The third-order valence-corrected chi connectivity index (χ3v) is 8.80. The summed E-state index contributed by atoms with van der Waals surface area (Å²) in [6.07, 6.45) is 35.0. The zero-order valence-corrected chi connectivity index (χ0v) is 32.1. The summed E-state index contributed by atoms with van der Waals surface area (Å²) in [6, 6.07) is 0. The van der Waals surface area contributed by atoms with Crippen LogP contribution in [0.15, 0.2) is 0 Å². The van der Waals surface area contributed by atoms with Gasteiger partial charge in [0.15, 0.2) is 0 Å². The van der Waals surface area contributed by atoms with Gasteiger partial charge in [-0.15, -0.1) is 0 Å². The Morgan fingerprint density at radius 1 is 0.587 bits per heavy atom. The van der Waals surface area contributed by atoms with Crippen LogP contribution in [-0.4, -0.2) is 56.4 Å². The van der Waals surface area contributed by atoms with Crippen LogP contribution in [0.1, 0.15) is 208 Å². The van der Waals surface area contributed by atoms with Gasteiger partial charge in [0.25, 0.3) is 0 Å². The molecule has 0 rings (SSSR count). The number of ether oxygens (including phenoxy) is 3. The fourth-order valence-corrected chi connectivity index (χ4v) is 5.81. The van der Waals surface area contributed by atoms with E-state index in [4.69, 9.17) is 14.2 Å². The minimum atomic E-state index is -0.265. The Labute approximate surface area is 288 Å². The Balaban J connectivity index is 4.16. The van der Waals surface area contributed by atoms with Crippen LogP contribution in [0, 0.1) is 0 Å². The molecule has 0 bridgehead atoms. The zero-order chi connectivity index (χ0) is 34.0. The van der Waals surface area contributed by atoms with E-state index in [0.717, 1.165) is 32.1 Å². The molecule has 0 aliphatic rings. The average molecular weight is 655 g/mol. The van der Waals surface area contributed by atoms with Gasteiger partial charge in [0, 0.05) is 6.54 Å². The fourth-order valence-electron chi connectivity index (χ4n) is 5.81. The quantitative estimate of drug-likeness (QED) is 0.0544. The molecule has 1 amide bonds. The van der Waals surface area contributed by atoms with Crippen molar-refractivity contribution in [3.05, 3.63) is 0 Å². The average Bonchev–Trinajstić information content (AvgIpc) is 3.02. The van der Waals surface area contributed by atoms with Crippen molar-refractivity contribution in [2.45, 2.75) is 220 Å². The highest BCUT2D eigenvalue weighted by Gasteiger charge is 2.14. The van der Waals surface area contributed by atoms with E-state index in [0.29, 0.717) is 26.6 Å². The van der Waals surface area contributed by atoms with Crippen molar-refractivity contribution in [2.75, 3.05) is 33.7 Å². The molecule has 0 saturated heterocycles. The van der Waals surface area contributed by atoms with Crippen LogP contribution in [0.25, 0.3) is 0 Å². The molecule has 0 atom stereocenters. The molecule has 0 aromatic heterocycles. The molecule has 0 spiro atoms. The van der Waals surface area contributed by atoms with E-state index in [1.807, 2.05) is 11.9 Å². The lowest BCUT2D eigenvalue weighted by Crippen LogP contribution is -2.32. The van der Waals surface area contributed by atoms with Gasteiger partial charge in [0.05, 0.1) is 12.2 Å². The maximum Gasteiger partial charge on any atom is 0.407 e. The Hall–Kier alpha value is -0.850. The van der Waals surface area contributed by atoms with E-state index in [9.17, 15) is 4.79 Å². The van der Waals surface area contributed by atoms with Crippen LogP contribution in [-0.2, 0) is 14.2 Å². The van der Waals surface area contributed by atoms with Gasteiger partial charge in [0.1, 0.15) is 19.6 Å². The van der Waals surface area contributed by atoms with Crippen LogP contribution in [0.2, 0.25) is 0 Å². The Morgan fingerprint density at radius 2 is 0.978 bits per heavy atom. The van der Waals surface area contributed by atoms with Gasteiger partial charge in [0.2, 0.25) is 0 Å². The fraction of sp³-hybridized carbons (Fsp3) is 0.975. The van der Waals surface area contributed by atoms with Crippen LogP contribution >= 0.6 is 0 Å². The smallest absolute Gasteiger partial charge is 0.407 e. The summed E-state index contributed by atoms with van der Waals surface area (Å²) < 4.78 is 17.4. The molecular formula is C40H82N2O4. The first-order valence-electron chi connectivity index (χ1n) is 20.1. The van der Waals surface area contributed by atoms with Gasteiger partial charge in [-0.3, -0.25) is 4.90 Å². The summed E-state index contributed by atoms with van der Waals surface area (Å²) in [5, 5.41) is 2.96. The number of carbonyl (C=O) groups excluding carboxylic acids is 1. The van der Waals surface area contributed by atoms with Gasteiger partial charge in [-0.1, -0.05) is 155 Å². The molecule has 0 radical (unpaired) electrons. The number of nitrogens with one attached hydrogen (secondary N) is 1. The number of rotatable bonds is 35. The lowest BCUT2D eigenvalue weighted by atomic mass is 10.0. The van der Waals surface area contributed by atoms with E-state index in [2.05, 4.69) is 39.9 Å². The number of nitrogens with zero attached hydrogens (tertiary/aromatic N) is 1. The molecule has 0 aliphatic heterocycles. The van der Waals surface area contributed by atoms with Crippen molar-refractivity contribution in [2.24, 2.45) is 0 Å². The molecule has 46 heavy (non-hydrogen) atoms. The highest BCUT2D eigenvalue weighted by molar-refractivity contribution is 5.67. The van der Waals surface area contributed by atoms with E-state index in [1.54, 1.807) is 0 Å². The van der Waals surface area contributed by atoms with Crippen LogP contribution in [0.5, 0.6) is 0 Å². The lowest BCUT2D eigenvalue weighted by molar-refractivity contribution is -0.0873. The third-order valence-electron chi connectivity index (χ3n) is 8.80. The molecule has 0 aromatic rings. The molecule has 0 saturated carbocycles. The summed E-state index contributed by atoms with van der Waals surface area (Å²) in [4.78, 5) is 14.6. The maximum absolute atomic E-state index is 12.6. The van der Waals surface area contributed by atoms with E-state index in [-0.39, 0.29) is 17.8 Å². The Kier molecular flexibility index (Phi) is 33.4. The minimum absolute atomic E-state index is 0.0407. The lowest BCUT2D eigenvalue weighted by Gasteiger charge is -2.24. The van der Waals surface area contributed by atoms with Gasteiger partial charge >= 0.3 is 6.09 Å². The summed E-state index contributed by atoms with van der Waals surface area (Å²) >= 11 is 0. The molecule has 6 heteroatoms. The number of hydrogen-bond donors (Lipinski definition) is 1. The minimum Gasteiger partial charge on any atom is -0.446 e. The number of hydrogen-bond acceptors (Lipinski definition) is 5. The van der Waals surface area contributed by atoms with Gasteiger partial charge in [-0.05, 0) is 59.9 Å². The Morgan fingerprint density at radius 3 is 1.37 bits per heavy atom. The number of unbranched alkanes of at least 4 members (excludes halogenated alkanes) is 22. The summed E-state index contributed by atoms with van der Waals surface area (Å²) in [7, 11) is 1.98. The molecule has 276 valence electrons. The highest BCUT2D eigenvalue weighted by Crippen LogP contribution is 2.18. The predicted molar refractivity (Wildman–Crippen MR) is 199 cm³/mol. The first-order chi connectivity index (χ1) is 22.3. The van der Waals surface area contributed by atoms with Crippen molar-refractivity contribution in [1.82, 2.24) is 10.2 Å². The number of alkyl carbamates (subject to hydrolysis) is 1. The molecule has 0 aromatic carbocycles. The SMILES string of the molecule is CCCCCCCCCCCCCCC(CCCCCCCCCCCCCC)OC(=O)NCCCOCN(C)COC(C)(C)C. The predicted octanol–water partition coefficient (Wildman–Crippen LogP) is 12.3.